The van der Waals surface area contributed by atoms with E-state index in [0.29, 0.717) is 5.11 Å². The van der Waals surface area contributed by atoms with Crippen LogP contribution >= 0.6 is 12.2 Å². The Hall–Kier alpha value is -2.40. The van der Waals surface area contributed by atoms with Gasteiger partial charge in [-0.3, -0.25) is 5.43 Å². The van der Waals surface area contributed by atoms with E-state index in [0.717, 1.165) is 17.1 Å². The highest BCUT2D eigenvalue weighted by Gasteiger charge is 1.97. The fourth-order valence-electron chi connectivity index (χ4n) is 1.50. The summed E-state index contributed by atoms with van der Waals surface area (Å²) in [5.74, 6) is 1.56. The van der Waals surface area contributed by atoms with Gasteiger partial charge in [0.05, 0.1) is 6.21 Å². The second-order valence-electron chi connectivity index (χ2n) is 3.94. The Morgan fingerprint density at radius 1 is 1.10 bits per heavy atom. The Morgan fingerprint density at radius 2 is 1.85 bits per heavy atom. The summed E-state index contributed by atoms with van der Waals surface area (Å²) in [5.41, 5.74) is 3.62. The molecule has 2 aromatic rings. The van der Waals surface area contributed by atoms with E-state index in [1.165, 1.54) is 0 Å². The molecule has 0 aromatic heterocycles. The van der Waals surface area contributed by atoms with Crippen molar-refractivity contribution in [3.05, 3.63) is 60.2 Å². The van der Waals surface area contributed by atoms with E-state index in [1.54, 1.807) is 13.3 Å². The summed E-state index contributed by atoms with van der Waals surface area (Å²) in [4.78, 5) is 0. The molecule has 0 fully saturated rings. The van der Waals surface area contributed by atoms with Gasteiger partial charge in [-0.2, -0.15) is 5.10 Å². The Labute approximate surface area is 123 Å². The fraction of sp³-hybridized carbons (Fsp3) is 0.0667. The van der Waals surface area contributed by atoms with Crippen molar-refractivity contribution in [3.8, 4) is 11.5 Å². The minimum Gasteiger partial charge on any atom is -0.457 e. The summed E-state index contributed by atoms with van der Waals surface area (Å²) >= 11 is 4.92. The monoisotopic (exact) mass is 285 g/mol. The summed E-state index contributed by atoms with van der Waals surface area (Å²) in [6.07, 6.45) is 1.68. The van der Waals surface area contributed by atoms with Crippen molar-refractivity contribution in [2.45, 2.75) is 0 Å². The molecule has 0 saturated carbocycles. The zero-order chi connectivity index (χ0) is 14.2. The van der Waals surface area contributed by atoms with E-state index >= 15 is 0 Å². The van der Waals surface area contributed by atoms with Gasteiger partial charge in [-0.15, -0.1) is 0 Å². The van der Waals surface area contributed by atoms with Gasteiger partial charge in [-0.05, 0) is 42.0 Å². The molecule has 0 aliphatic heterocycles. The molecule has 0 unspecified atom stereocenters. The van der Waals surface area contributed by atoms with Gasteiger partial charge in [0, 0.05) is 7.05 Å². The summed E-state index contributed by atoms with van der Waals surface area (Å²) in [6, 6.07) is 17.3. The quantitative estimate of drug-likeness (QED) is 0.515. The second-order valence-corrected chi connectivity index (χ2v) is 4.34. The van der Waals surface area contributed by atoms with Crippen LogP contribution in [0.3, 0.4) is 0 Å². The van der Waals surface area contributed by atoms with E-state index in [4.69, 9.17) is 17.0 Å². The molecule has 0 radical (unpaired) electrons. The maximum absolute atomic E-state index is 5.75. The second kappa shape index (κ2) is 7.25. The van der Waals surface area contributed by atoms with Crippen molar-refractivity contribution in [1.82, 2.24) is 10.7 Å². The van der Waals surface area contributed by atoms with Crippen molar-refractivity contribution < 1.29 is 4.74 Å². The highest BCUT2D eigenvalue weighted by atomic mass is 32.1. The van der Waals surface area contributed by atoms with Crippen LogP contribution in [-0.2, 0) is 0 Å². The molecule has 0 saturated heterocycles. The lowest BCUT2D eigenvalue weighted by Gasteiger charge is -2.05. The first-order valence-electron chi connectivity index (χ1n) is 6.11. The van der Waals surface area contributed by atoms with E-state index in [2.05, 4.69) is 15.8 Å². The number of hydrogen-bond acceptors (Lipinski definition) is 3. The first-order valence-corrected chi connectivity index (χ1v) is 6.52. The number of nitrogens with zero attached hydrogens (tertiary/aromatic N) is 1. The molecule has 0 aliphatic carbocycles. The number of benzene rings is 2. The normalized spacial score (nSPS) is 10.2. The van der Waals surface area contributed by atoms with Gasteiger partial charge in [0.15, 0.2) is 5.11 Å². The molecule has 0 heterocycles. The van der Waals surface area contributed by atoms with Crippen LogP contribution in [0.5, 0.6) is 11.5 Å². The van der Waals surface area contributed by atoms with E-state index in [-0.39, 0.29) is 0 Å². The van der Waals surface area contributed by atoms with Crippen LogP contribution in [0.15, 0.2) is 59.7 Å². The third-order valence-corrected chi connectivity index (χ3v) is 2.74. The molecular weight excluding hydrogens is 270 g/mol. The zero-order valence-corrected chi connectivity index (χ0v) is 11.9. The lowest BCUT2D eigenvalue weighted by molar-refractivity contribution is 0.482. The summed E-state index contributed by atoms with van der Waals surface area (Å²) in [5, 5.41) is 7.27. The van der Waals surface area contributed by atoms with Crippen molar-refractivity contribution in [2.24, 2.45) is 5.10 Å². The predicted octanol–water partition coefficient (Wildman–Crippen LogP) is 2.91. The van der Waals surface area contributed by atoms with Crippen molar-refractivity contribution in [1.29, 1.82) is 0 Å². The Bertz CT molecular complexity index is 599. The number of thiocarbonyl (C=S) groups is 1. The first-order chi connectivity index (χ1) is 9.78. The third kappa shape index (κ3) is 4.37. The molecule has 20 heavy (non-hydrogen) atoms. The highest BCUT2D eigenvalue weighted by Crippen LogP contribution is 2.21. The Kier molecular flexibility index (Phi) is 5.08. The van der Waals surface area contributed by atoms with Crippen molar-refractivity contribution in [3.63, 3.8) is 0 Å². The van der Waals surface area contributed by atoms with Gasteiger partial charge in [-0.1, -0.05) is 30.3 Å². The maximum atomic E-state index is 5.75. The van der Waals surface area contributed by atoms with Crippen LogP contribution < -0.4 is 15.5 Å². The molecule has 2 N–H and O–H groups in total. The fourth-order valence-corrected chi connectivity index (χ4v) is 1.56. The summed E-state index contributed by atoms with van der Waals surface area (Å²) in [6.45, 7) is 0. The van der Waals surface area contributed by atoms with Crippen LogP contribution in [0, 0.1) is 0 Å². The third-order valence-electron chi connectivity index (χ3n) is 2.44. The van der Waals surface area contributed by atoms with E-state index < -0.39 is 0 Å². The van der Waals surface area contributed by atoms with Gasteiger partial charge in [0.25, 0.3) is 0 Å². The zero-order valence-electron chi connectivity index (χ0n) is 11.0. The molecular formula is C15H15N3OS. The number of ether oxygens (including phenoxy) is 1. The van der Waals surface area contributed by atoms with Crippen LogP contribution in [0.4, 0.5) is 0 Å². The Balaban J connectivity index is 2.03. The lowest BCUT2D eigenvalue weighted by atomic mass is 10.2. The van der Waals surface area contributed by atoms with E-state index in [1.807, 2.05) is 54.6 Å². The van der Waals surface area contributed by atoms with Gasteiger partial charge in [0.1, 0.15) is 11.5 Å². The SMILES string of the molecule is CNC(=S)N/N=C/c1cccc(Oc2ccccc2)c1. The molecule has 102 valence electrons. The number of para-hydroxylation sites is 1. The van der Waals surface area contributed by atoms with E-state index in [9.17, 15) is 0 Å². The predicted molar refractivity (Wildman–Crippen MR) is 85.3 cm³/mol. The smallest absolute Gasteiger partial charge is 0.186 e. The molecule has 0 amide bonds. The first kappa shape index (κ1) is 14.0. The van der Waals surface area contributed by atoms with Crippen LogP contribution in [0.25, 0.3) is 0 Å². The molecule has 2 aromatic carbocycles. The lowest BCUT2D eigenvalue weighted by Crippen LogP contribution is -2.28. The number of rotatable bonds is 4. The number of hydrazone groups is 1. The number of nitrogens with one attached hydrogen (secondary N) is 2. The average Bonchev–Trinajstić information content (AvgIpc) is 2.48. The van der Waals surface area contributed by atoms with Crippen LogP contribution in [0.1, 0.15) is 5.56 Å². The molecule has 5 heteroatoms. The van der Waals surface area contributed by atoms with Crippen LogP contribution in [0.2, 0.25) is 0 Å². The standard InChI is InChI=1S/C15H15N3OS/c1-16-15(20)18-17-11-12-6-5-9-14(10-12)19-13-7-3-2-4-8-13/h2-11H,1H3,(H2,16,18,20)/b17-11+. The van der Waals surface area contributed by atoms with Gasteiger partial charge >= 0.3 is 0 Å². The van der Waals surface area contributed by atoms with Gasteiger partial charge < -0.3 is 10.1 Å². The minimum absolute atomic E-state index is 0.470. The molecule has 0 aliphatic rings. The molecule has 0 spiro atoms. The van der Waals surface area contributed by atoms with Gasteiger partial charge in [0.2, 0.25) is 0 Å². The average molecular weight is 285 g/mol. The van der Waals surface area contributed by atoms with Crippen molar-refractivity contribution in [2.75, 3.05) is 7.05 Å². The summed E-state index contributed by atoms with van der Waals surface area (Å²) in [7, 11) is 1.74. The molecule has 2 rings (SSSR count). The minimum atomic E-state index is 0.470. The van der Waals surface area contributed by atoms with Crippen LogP contribution in [-0.4, -0.2) is 18.4 Å². The molecule has 0 bridgehead atoms. The van der Waals surface area contributed by atoms with Gasteiger partial charge in [-0.25, -0.2) is 0 Å². The van der Waals surface area contributed by atoms with Crippen molar-refractivity contribution >= 4 is 23.5 Å². The maximum Gasteiger partial charge on any atom is 0.186 e. The number of hydrogen-bond donors (Lipinski definition) is 2. The Morgan fingerprint density at radius 3 is 2.60 bits per heavy atom. The summed E-state index contributed by atoms with van der Waals surface area (Å²) < 4.78 is 5.75. The molecule has 0 atom stereocenters. The highest BCUT2D eigenvalue weighted by molar-refractivity contribution is 7.80. The topological polar surface area (TPSA) is 45.7 Å². The molecule has 4 nitrogen and oxygen atoms in total. The largest absolute Gasteiger partial charge is 0.457 e.